The summed E-state index contributed by atoms with van der Waals surface area (Å²) in [6.45, 7) is 0.390. The Kier molecular flexibility index (Phi) is 12.8. The molecule has 4 N–H and O–H groups in total. The second-order valence-corrected chi connectivity index (χ2v) is 8.31. The molecule has 0 fully saturated rings. The lowest BCUT2D eigenvalue weighted by molar-refractivity contribution is -0.308. The highest BCUT2D eigenvalue weighted by atomic mass is 32.2. The summed E-state index contributed by atoms with van der Waals surface area (Å²) in [5.74, 6) is 0. The van der Waals surface area contributed by atoms with Crippen molar-refractivity contribution in [2.75, 3.05) is 13.2 Å². The molecule has 0 radical (unpaired) electrons. The highest BCUT2D eigenvalue weighted by molar-refractivity contribution is 7.87. The second kappa shape index (κ2) is 11.7. The molecule has 0 bridgehead atoms. The minimum atomic E-state index is -7.00. The summed E-state index contributed by atoms with van der Waals surface area (Å²) in [6, 6.07) is 0. The standard InChI is InChI=1S/C4H10O2.2C3HF7O3S/c5-3-1-2-4-6;2*4-1(2(5,6)7,3(8,9)10)14(11,12)13/h5-6H,1-4H2;2*(H,11,12,13). The Bertz CT molecular complexity index is 727. The van der Waals surface area contributed by atoms with Gasteiger partial charge in [-0.1, -0.05) is 0 Å². The Morgan fingerprint density at radius 3 is 0.618 bits per heavy atom. The number of alkyl halides is 14. The predicted octanol–water partition coefficient (Wildman–Crippen LogP) is 3.08. The van der Waals surface area contributed by atoms with Gasteiger partial charge in [0.2, 0.25) is 0 Å². The first-order valence-electron chi connectivity index (χ1n) is 7.22. The average molecular weight is 590 g/mol. The Morgan fingerprint density at radius 1 is 0.441 bits per heavy atom. The van der Waals surface area contributed by atoms with E-state index in [1.807, 2.05) is 0 Å². The molecule has 24 heteroatoms. The molecule has 0 saturated carbocycles. The van der Waals surface area contributed by atoms with E-state index in [-0.39, 0.29) is 13.2 Å². The van der Waals surface area contributed by atoms with Gasteiger partial charge in [-0.3, -0.25) is 9.11 Å². The van der Waals surface area contributed by atoms with Gasteiger partial charge in [-0.15, -0.1) is 0 Å². The van der Waals surface area contributed by atoms with E-state index in [1.165, 1.54) is 0 Å². The van der Waals surface area contributed by atoms with E-state index >= 15 is 0 Å². The topological polar surface area (TPSA) is 149 Å². The number of hydrogen-bond acceptors (Lipinski definition) is 6. The van der Waals surface area contributed by atoms with Gasteiger partial charge in [0.15, 0.2) is 0 Å². The molecule has 0 aromatic heterocycles. The van der Waals surface area contributed by atoms with Gasteiger partial charge in [0.25, 0.3) is 0 Å². The van der Waals surface area contributed by atoms with Crippen LogP contribution in [0.25, 0.3) is 0 Å². The van der Waals surface area contributed by atoms with Crippen LogP contribution < -0.4 is 0 Å². The minimum Gasteiger partial charge on any atom is -0.396 e. The van der Waals surface area contributed by atoms with Crippen molar-refractivity contribution in [2.24, 2.45) is 0 Å². The number of hydrogen-bond donors (Lipinski definition) is 4. The van der Waals surface area contributed by atoms with Crippen molar-refractivity contribution in [1.29, 1.82) is 0 Å². The smallest absolute Gasteiger partial charge is 0.396 e. The monoisotopic (exact) mass is 590 g/mol. The van der Waals surface area contributed by atoms with Gasteiger partial charge in [-0.05, 0) is 12.8 Å². The van der Waals surface area contributed by atoms with Crippen LogP contribution in [0, 0.1) is 0 Å². The van der Waals surface area contributed by atoms with Gasteiger partial charge in [0.05, 0.1) is 0 Å². The third-order valence-corrected chi connectivity index (χ3v) is 5.08. The van der Waals surface area contributed by atoms with Crippen molar-refractivity contribution in [2.45, 2.75) is 47.5 Å². The highest BCUT2D eigenvalue weighted by Gasteiger charge is 2.81. The zero-order chi connectivity index (χ0) is 28.8. The van der Waals surface area contributed by atoms with Crippen LogP contribution in [0.4, 0.5) is 61.5 Å². The molecule has 0 amide bonds. The third kappa shape index (κ3) is 8.76. The number of halogens is 14. The molecule has 8 nitrogen and oxygen atoms in total. The van der Waals surface area contributed by atoms with Gasteiger partial charge in [0.1, 0.15) is 0 Å². The maximum absolute atomic E-state index is 12.2. The molecular weight excluding hydrogens is 578 g/mol. The number of aliphatic hydroxyl groups excluding tert-OH is 2. The minimum absolute atomic E-state index is 0.195. The summed E-state index contributed by atoms with van der Waals surface area (Å²) in [5.41, 5.74) is 0. The fourth-order valence-electron chi connectivity index (χ4n) is 1.13. The van der Waals surface area contributed by atoms with Crippen LogP contribution in [-0.4, -0.2) is 84.1 Å². The third-order valence-electron chi connectivity index (χ3n) is 2.74. The van der Waals surface area contributed by atoms with Gasteiger partial charge in [-0.2, -0.15) is 69.5 Å². The average Bonchev–Trinajstić information content (AvgIpc) is 2.53. The lowest BCUT2D eigenvalue weighted by Gasteiger charge is -2.26. The van der Waals surface area contributed by atoms with E-state index in [2.05, 4.69) is 0 Å². The molecule has 0 spiro atoms. The van der Waals surface area contributed by atoms with E-state index in [0.717, 1.165) is 12.8 Å². The first-order valence-corrected chi connectivity index (χ1v) is 10.1. The first kappa shape index (κ1) is 37.3. The second-order valence-electron chi connectivity index (χ2n) is 5.29. The van der Waals surface area contributed by atoms with Gasteiger partial charge in [0, 0.05) is 13.2 Å². The first-order chi connectivity index (χ1) is 14.4. The molecular formula is C10H12F14O8S2. The molecule has 0 aliphatic carbocycles. The van der Waals surface area contributed by atoms with Crippen molar-refractivity contribution >= 4 is 20.2 Å². The van der Waals surface area contributed by atoms with Crippen molar-refractivity contribution in [3.63, 3.8) is 0 Å². The summed E-state index contributed by atoms with van der Waals surface area (Å²) in [7, 11) is -14.0. The van der Waals surface area contributed by atoms with Crippen molar-refractivity contribution < 1.29 is 97.6 Å². The predicted molar refractivity (Wildman–Crippen MR) is 78.4 cm³/mol. The molecule has 0 rings (SSSR count). The van der Waals surface area contributed by atoms with Crippen LogP contribution in [0.1, 0.15) is 12.8 Å². The fraction of sp³-hybridized carbons (Fsp3) is 1.00. The van der Waals surface area contributed by atoms with Crippen LogP contribution in [0.2, 0.25) is 0 Å². The van der Waals surface area contributed by atoms with Crippen molar-refractivity contribution in [1.82, 2.24) is 0 Å². The zero-order valence-electron chi connectivity index (χ0n) is 15.4. The summed E-state index contributed by atoms with van der Waals surface area (Å²) in [4.78, 5) is 0. The highest BCUT2D eigenvalue weighted by Crippen LogP contribution is 2.50. The summed E-state index contributed by atoms with van der Waals surface area (Å²) >= 11 is 0. The molecule has 0 aliphatic rings. The Hall–Kier alpha value is -1.24. The van der Waals surface area contributed by atoms with Gasteiger partial charge < -0.3 is 10.2 Å². The van der Waals surface area contributed by atoms with Crippen LogP contribution in [0.3, 0.4) is 0 Å². The van der Waals surface area contributed by atoms with E-state index in [4.69, 9.17) is 19.3 Å². The molecule has 0 heterocycles. The van der Waals surface area contributed by atoms with E-state index in [1.54, 1.807) is 0 Å². The molecule has 0 unspecified atom stereocenters. The Labute approximate surface area is 179 Å². The number of aliphatic hydroxyl groups is 2. The summed E-state index contributed by atoms with van der Waals surface area (Å²) in [6.07, 6.45) is -25.8. The van der Waals surface area contributed by atoms with Crippen LogP contribution >= 0.6 is 0 Å². The quantitative estimate of drug-likeness (QED) is 0.217. The fourth-order valence-corrected chi connectivity index (χ4v) is 2.30. The van der Waals surface area contributed by atoms with Gasteiger partial charge in [-0.25, -0.2) is 8.78 Å². The molecule has 0 saturated heterocycles. The van der Waals surface area contributed by atoms with Crippen LogP contribution in [0.15, 0.2) is 0 Å². The lowest BCUT2D eigenvalue weighted by Crippen LogP contribution is -2.58. The zero-order valence-corrected chi connectivity index (χ0v) is 17.0. The maximum Gasteiger partial charge on any atom is 0.449 e. The molecule has 0 aromatic carbocycles. The van der Waals surface area contributed by atoms with Crippen molar-refractivity contribution in [3.05, 3.63) is 0 Å². The van der Waals surface area contributed by atoms with E-state index < -0.39 is 54.9 Å². The summed E-state index contributed by atoms with van der Waals surface area (Å²) < 4.78 is 216. The molecule has 210 valence electrons. The maximum atomic E-state index is 12.2. The lowest BCUT2D eigenvalue weighted by atomic mass is 10.3. The number of unbranched alkanes of at least 4 members (excludes halogenated alkanes) is 1. The Morgan fingerprint density at radius 2 is 0.588 bits per heavy atom. The van der Waals surface area contributed by atoms with Crippen LogP contribution in [-0.2, 0) is 20.2 Å². The molecule has 0 atom stereocenters. The van der Waals surface area contributed by atoms with Gasteiger partial charge >= 0.3 is 54.9 Å². The Balaban J connectivity index is -0.000000458. The molecule has 0 aromatic rings. The molecule has 34 heavy (non-hydrogen) atoms. The normalized spacial score (nSPS) is 14.5. The largest absolute Gasteiger partial charge is 0.449 e. The summed E-state index contributed by atoms with van der Waals surface area (Å²) in [5, 5.41) is 2.85. The number of rotatable bonds is 5. The SMILES string of the molecule is O=S(=O)(O)C(F)(C(F)(F)F)C(F)(F)F.O=S(=O)(O)C(F)(C(F)(F)F)C(F)(F)F.OCCCCO. The molecule has 0 aliphatic heterocycles. The van der Waals surface area contributed by atoms with Crippen molar-refractivity contribution in [3.8, 4) is 0 Å². The van der Waals surface area contributed by atoms with Crippen LogP contribution in [0.5, 0.6) is 0 Å². The van der Waals surface area contributed by atoms with E-state index in [9.17, 15) is 78.3 Å². The van der Waals surface area contributed by atoms with E-state index in [0.29, 0.717) is 0 Å².